The third-order valence-electron chi connectivity index (χ3n) is 4.58. The molecule has 1 N–H and O–H groups in total. The van der Waals surface area contributed by atoms with Crippen molar-refractivity contribution in [1.82, 2.24) is 15.1 Å². The van der Waals surface area contributed by atoms with E-state index in [0.29, 0.717) is 13.0 Å². The van der Waals surface area contributed by atoms with Crippen LogP contribution in [-0.4, -0.2) is 21.4 Å². The second-order valence-electron chi connectivity index (χ2n) is 6.62. The van der Waals surface area contributed by atoms with Crippen molar-refractivity contribution in [2.45, 2.75) is 38.3 Å². The number of aromatic nitrogens is 2. The molecule has 0 aliphatic carbocycles. The highest BCUT2D eigenvalue weighted by Crippen LogP contribution is 2.21. The van der Waals surface area contributed by atoms with E-state index in [9.17, 15) is 4.79 Å². The number of nitrogens with zero attached hydrogens (tertiary/aromatic N) is 2. The van der Waals surface area contributed by atoms with E-state index in [1.165, 1.54) is 5.56 Å². The summed E-state index contributed by atoms with van der Waals surface area (Å²) in [4.78, 5) is 13.3. The number of amides is 1. The molecule has 1 heterocycles. The van der Waals surface area contributed by atoms with Gasteiger partial charge < -0.3 is 5.32 Å². The molecule has 0 unspecified atom stereocenters. The van der Waals surface area contributed by atoms with Crippen molar-refractivity contribution in [2.24, 2.45) is 0 Å². The van der Waals surface area contributed by atoms with Crippen molar-refractivity contribution >= 4 is 29.3 Å². The summed E-state index contributed by atoms with van der Waals surface area (Å²) in [6, 6.07) is 17.9. The average molecular weight is 414 g/mol. The van der Waals surface area contributed by atoms with E-state index < -0.39 is 0 Å². The van der Waals surface area contributed by atoms with Gasteiger partial charge in [0.05, 0.1) is 12.2 Å². The van der Waals surface area contributed by atoms with Gasteiger partial charge in [0.15, 0.2) is 0 Å². The first-order chi connectivity index (χ1) is 13.5. The molecule has 6 heteroatoms. The summed E-state index contributed by atoms with van der Waals surface area (Å²) in [6.07, 6.45) is 0.476. The van der Waals surface area contributed by atoms with E-state index in [0.717, 1.165) is 39.2 Å². The number of halogens is 1. The molecule has 0 bridgehead atoms. The molecule has 0 radical (unpaired) electrons. The Kier molecular flexibility index (Phi) is 7.18. The zero-order chi connectivity index (χ0) is 19.9. The van der Waals surface area contributed by atoms with Gasteiger partial charge in [0.1, 0.15) is 0 Å². The molecular formula is C22H24ClN3OS. The number of hydrogen-bond donors (Lipinski definition) is 1. The zero-order valence-electron chi connectivity index (χ0n) is 16.1. The second-order valence-corrected chi connectivity index (χ2v) is 8.23. The van der Waals surface area contributed by atoms with Crippen LogP contribution in [0.15, 0.2) is 59.5 Å². The minimum absolute atomic E-state index is 0.0519. The van der Waals surface area contributed by atoms with Crippen LogP contribution in [0.1, 0.15) is 28.9 Å². The Morgan fingerprint density at radius 1 is 1.11 bits per heavy atom. The fourth-order valence-corrected chi connectivity index (χ4v) is 3.95. The summed E-state index contributed by atoms with van der Waals surface area (Å²) >= 11 is 7.54. The highest BCUT2D eigenvalue weighted by Gasteiger charge is 2.13. The highest BCUT2D eigenvalue weighted by atomic mass is 35.5. The minimum atomic E-state index is 0.0519. The molecule has 3 aromatic rings. The molecule has 4 nitrogen and oxygen atoms in total. The van der Waals surface area contributed by atoms with Crippen molar-refractivity contribution < 1.29 is 4.79 Å². The molecule has 1 amide bonds. The number of rotatable bonds is 8. The number of carbonyl (C=O) groups is 1. The fourth-order valence-electron chi connectivity index (χ4n) is 2.97. The van der Waals surface area contributed by atoms with E-state index in [1.807, 2.05) is 54.1 Å². The maximum absolute atomic E-state index is 12.2. The predicted molar refractivity (Wildman–Crippen MR) is 116 cm³/mol. The summed E-state index contributed by atoms with van der Waals surface area (Å²) in [7, 11) is 0. The topological polar surface area (TPSA) is 46.9 Å². The number of thioether (sulfide) groups is 1. The molecule has 0 saturated carbocycles. The standard InChI is InChI=1S/C22H24ClN3OS/c1-16-21(17(2)26(25-16)15-18-6-4-3-5-7-18)14-24-22(27)12-13-28-20-10-8-19(23)9-11-20/h3-11H,12-15H2,1-2H3,(H,24,27). The van der Waals surface area contributed by atoms with Crippen molar-refractivity contribution in [3.8, 4) is 0 Å². The van der Waals surface area contributed by atoms with Gasteiger partial charge in [0.2, 0.25) is 5.91 Å². The summed E-state index contributed by atoms with van der Waals surface area (Å²) in [5.74, 6) is 0.787. The summed E-state index contributed by atoms with van der Waals surface area (Å²) in [5, 5.41) is 8.39. The maximum atomic E-state index is 12.2. The number of aryl methyl sites for hydroxylation is 1. The van der Waals surface area contributed by atoms with Gasteiger partial charge in [-0.3, -0.25) is 9.48 Å². The second kappa shape index (κ2) is 9.80. The normalized spacial score (nSPS) is 10.8. The van der Waals surface area contributed by atoms with Crippen LogP contribution >= 0.6 is 23.4 Å². The van der Waals surface area contributed by atoms with E-state index in [-0.39, 0.29) is 5.91 Å². The number of hydrogen-bond acceptors (Lipinski definition) is 3. The Labute approximate surface area is 175 Å². The highest BCUT2D eigenvalue weighted by molar-refractivity contribution is 7.99. The Bertz CT molecular complexity index is 923. The fraction of sp³-hybridized carbons (Fsp3) is 0.273. The monoisotopic (exact) mass is 413 g/mol. The molecule has 2 aromatic carbocycles. The number of nitrogens with one attached hydrogen (secondary N) is 1. The van der Waals surface area contributed by atoms with Gasteiger partial charge in [-0.1, -0.05) is 41.9 Å². The van der Waals surface area contributed by atoms with Crippen LogP contribution in [0.4, 0.5) is 0 Å². The van der Waals surface area contributed by atoms with Gasteiger partial charge in [0, 0.05) is 39.9 Å². The molecule has 3 rings (SSSR count). The first-order valence-electron chi connectivity index (χ1n) is 9.25. The lowest BCUT2D eigenvalue weighted by atomic mass is 10.2. The molecule has 1 aromatic heterocycles. The Balaban J connectivity index is 1.49. The van der Waals surface area contributed by atoms with Gasteiger partial charge in [-0.25, -0.2) is 0 Å². The third kappa shape index (κ3) is 5.63. The van der Waals surface area contributed by atoms with E-state index in [1.54, 1.807) is 11.8 Å². The Hall–Kier alpha value is -2.24. The largest absolute Gasteiger partial charge is 0.352 e. The van der Waals surface area contributed by atoms with Gasteiger partial charge in [-0.2, -0.15) is 5.10 Å². The van der Waals surface area contributed by atoms with Crippen LogP contribution in [0.3, 0.4) is 0 Å². The Morgan fingerprint density at radius 2 is 1.82 bits per heavy atom. The van der Waals surface area contributed by atoms with Gasteiger partial charge in [-0.15, -0.1) is 11.8 Å². The third-order valence-corrected chi connectivity index (χ3v) is 5.85. The predicted octanol–water partition coefficient (Wildman–Crippen LogP) is 5.00. The number of carbonyl (C=O) groups excluding carboxylic acids is 1. The molecule has 0 saturated heterocycles. The number of benzene rings is 2. The summed E-state index contributed by atoms with van der Waals surface area (Å²) in [5.41, 5.74) is 4.36. The van der Waals surface area contributed by atoms with Crippen molar-refractivity contribution in [1.29, 1.82) is 0 Å². The first kappa shape index (κ1) is 20.5. The first-order valence-corrected chi connectivity index (χ1v) is 10.6. The maximum Gasteiger partial charge on any atom is 0.221 e. The SMILES string of the molecule is Cc1nn(Cc2ccccc2)c(C)c1CNC(=O)CCSc1ccc(Cl)cc1. The van der Waals surface area contributed by atoms with E-state index in [2.05, 4.69) is 29.5 Å². The van der Waals surface area contributed by atoms with Crippen molar-refractivity contribution in [3.63, 3.8) is 0 Å². The zero-order valence-corrected chi connectivity index (χ0v) is 17.7. The quantitative estimate of drug-likeness (QED) is 0.528. The van der Waals surface area contributed by atoms with Crippen LogP contribution in [0.25, 0.3) is 0 Å². The summed E-state index contributed by atoms with van der Waals surface area (Å²) < 4.78 is 2.00. The lowest BCUT2D eigenvalue weighted by molar-refractivity contribution is -0.120. The molecule has 28 heavy (non-hydrogen) atoms. The smallest absolute Gasteiger partial charge is 0.221 e. The van der Waals surface area contributed by atoms with Gasteiger partial charge in [-0.05, 0) is 43.7 Å². The van der Waals surface area contributed by atoms with Crippen molar-refractivity contribution in [2.75, 3.05) is 5.75 Å². The lowest BCUT2D eigenvalue weighted by Crippen LogP contribution is -2.23. The summed E-state index contributed by atoms with van der Waals surface area (Å²) in [6.45, 7) is 5.29. The molecule has 0 spiro atoms. The van der Waals surface area contributed by atoms with Crippen LogP contribution in [-0.2, 0) is 17.9 Å². The minimum Gasteiger partial charge on any atom is -0.352 e. The molecule has 0 atom stereocenters. The van der Waals surface area contributed by atoms with Crippen LogP contribution in [0, 0.1) is 13.8 Å². The van der Waals surface area contributed by atoms with Crippen LogP contribution < -0.4 is 5.32 Å². The molecule has 0 fully saturated rings. The van der Waals surface area contributed by atoms with Crippen molar-refractivity contribution in [3.05, 3.63) is 82.1 Å². The van der Waals surface area contributed by atoms with Gasteiger partial charge in [0.25, 0.3) is 0 Å². The average Bonchev–Trinajstić information content (AvgIpc) is 2.95. The van der Waals surface area contributed by atoms with Gasteiger partial charge >= 0.3 is 0 Å². The lowest BCUT2D eigenvalue weighted by Gasteiger charge is -2.08. The molecular weight excluding hydrogens is 390 g/mol. The molecule has 146 valence electrons. The van der Waals surface area contributed by atoms with E-state index >= 15 is 0 Å². The van der Waals surface area contributed by atoms with Crippen LogP contribution in [0.2, 0.25) is 5.02 Å². The van der Waals surface area contributed by atoms with Crippen LogP contribution in [0.5, 0.6) is 0 Å². The Morgan fingerprint density at radius 3 is 2.54 bits per heavy atom. The molecule has 0 aliphatic heterocycles. The molecule has 0 aliphatic rings. The van der Waals surface area contributed by atoms with E-state index in [4.69, 9.17) is 11.6 Å².